The molecule has 20 heavy (non-hydrogen) atoms. The van der Waals surface area contributed by atoms with Gasteiger partial charge in [0.05, 0.1) is 6.54 Å². The highest BCUT2D eigenvalue weighted by Crippen LogP contribution is 1.99. The molecule has 0 bridgehead atoms. The minimum absolute atomic E-state index is 0.0498. The van der Waals surface area contributed by atoms with Crippen LogP contribution >= 0.6 is 12.6 Å². The van der Waals surface area contributed by atoms with Gasteiger partial charge in [0.2, 0.25) is 17.7 Å². The first-order valence-electron chi connectivity index (χ1n) is 5.73. The zero-order valence-corrected chi connectivity index (χ0v) is 11.6. The fraction of sp³-hybridized carbons (Fsp3) is 0.600. The van der Waals surface area contributed by atoms with E-state index < -0.39 is 35.8 Å². The molecule has 0 aliphatic carbocycles. The van der Waals surface area contributed by atoms with E-state index in [1.165, 1.54) is 0 Å². The summed E-state index contributed by atoms with van der Waals surface area (Å²) in [6.45, 7) is -0.338. The number of hydrogen-bond acceptors (Lipinski definition) is 6. The molecule has 7 N–H and O–H groups in total. The third-order valence-corrected chi connectivity index (χ3v) is 2.68. The van der Waals surface area contributed by atoms with Crippen molar-refractivity contribution in [3.8, 4) is 0 Å². The summed E-state index contributed by atoms with van der Waals surface area (Å²) < 4.78 is 0. The van der Waals surface area contributed by atoms with Crippen molar-refractivity contribution < 1.29 is 24.3 Å². The van der Waals surface area contributed by atoms with Crippen molar-refractivity contribution in [1.29, 1.82) is 0 Å². The second-order valence-corrected chi connectivity index (χ2v) is 4.28. The van der Waals surface area contributed by atoms with Gasteiger partial charge in [-0.15, -0.1) is 0 Å². The average molecular weight is 306 g/mol. The zero-order valence-electron chi connectivity index (χ0n) is 10.7. The lowest BCUT2D eigenvalue weighted by Crippen LogP contribution is -2.53. The van der Waals surface area contributed by atoms with E-state index in [1.807, 2.05) is 0 Å². The number of aliphatic carboxylic acids is 1. The Kier molecular flexibility index (Phi) is 8.32. The minimum Gasteiger partial charge on any atom is -0.480 e. The van der Waals surface area contributed by atoms with Crippen molar-refractivity contribution in [1.82, 2.24) is 10.6 Å². The zero-order chi connectivity index (χ0) is 15.7. The predicted molar refractivity (Wildman–Crippen MR) is 72.8 cm³/mol. The van der Waals surface area contributed by atoms with E-state index in [-0.39, 0.29) is 25.1 Å². The number of rotatable bonds is 9. The van der Waals surface area contributed by atoms with Gasteiger partial charge in [0.1, 0.15) is 12.1 Å². The lowest BCUT2D eigenvalue weighted by atomic mass is 10.1. The predicted octanol–water partition coefficient (Wildman–Crippen LogP) is -2.81. The van der Waals surface area contributed by atoms with E-state index in [1.54, 1.807) is 0 Å². The number of amides is 3. The quantitative estimate of drug-likeness (QED) is 0.252. The van der Waals surface area contributed by atoms with Gasteiger partial charge in [0, 0.05) is 12.2 Å². The smallest absolute Gasteiger partial charge is 0.327 e. The van der Waals surface area contributed by atoms with Gasteiger partial charge in [-0.2, -0.15) is 12.6 Å². The Morgan fingerprint density at radius 1 is 1.15 bits per heavy atom. The highest BCUT2D eigenvalue weighted by atomic mass is 32.1. The fourth-order valence-electron chi connectivity index (χ4n) is 1.27. The topological polar surface area (TPSA) is 165 Å². The van der Waals surface area contributed by atoms with Crippen LogP contribution in [0.15, 0.2) is 0 Å². The summed E-state index contributed by atoms with van der Waals surface area (Å²) in [5, 5.41) is 13.3. The first kappa shape index (κ1) is 18.2. The first-order valence-corrected chi connectivity index (χ1v) is 6.36. The van der Waals surface area contributed by atoms with Gasteiger partial charge in [-0.25, -0.2) is 4.79 Å². The van der Waals surface area contributed by atoms with Crippen molar-refractivity contribution in [2.75, 3.05) is 12.3 Å². The van der Waals surface area contributed by atoms with Crippen LogP contribution in [0.4, 0.5) is 0 Å². The van der Waals surface area contributed by atoms with Crippen LogP contribution in [0.1, 0.15) is 12.8 Å². The Bertz CT molecular complexity index is 390. The Balaban J connectivity index is 4.72. The highest BCUT2D eigenvalue weighted by Gasteiger charge is 2.25. The molecule has 0 aromatic rings. The SMILES string of the molecule is NCC(=O)NC(CCC(N)=O)C(=O)NC(CS)C(=O)O. The van der Waals surface area contributed by atoms with E-state index in [0.717, 1.165) is 0 Å². The fourth-order valence-corrected chi connectivity index (χ4v) is 1.51. The second-order valence-electron chi connectivity index (χ2n) is 3.91. The average Bonchev–Trinajstić information content (AvgIpc) is 2.39. The van der Waals surface area contributed by atoms with Crippen LogP contribution in [0.5, 0.6) is 0 Å². The van der Waals surface area contributed by atoms with E-state index in [4.69, 9.17) is 16.6 Å². The Morgan fingerprint density at radius 3 is 2.15 bits per heavy atom. The molecule has 0 aliphatic rings. The molecule has 0 rings (SSSR count). The molecular formula is C10H18N4O5S. The van der Waals surface area contributed by atoms with E-state index >= 15 is 0 Å². The Labute approximate surface area is 120 Å². The summed E-state index contributed by atoms with van der Waals surface area (Å²) in [7, 11) is 0. The molecule has 3 amide bonds. The van der Waals surface area contributed by atoms with Crippen LogP contribution in [-0.4, -0.2) is 53.2 Å². The third-order valence-electron chi connectivity index (χ3n) is 2.31. The van der Waals surface area contributed by atoms with Crippen molar-refractivity contribution in [3.05, 3.63) is 0 Å². The number of nitrogens with two attached hydrogens (primary N) is 2. The molecule has 0 aromatic carbocycles. The van der Waals surface area contributed by atoms with E-state index in [9.17, 15) is 19.2 Å². The number of thiol groups is 1. The highest BCUT2D eigenvalue weighted by molar-refractivity contribution is 7.80. The maximum atomic E-state index is 11.9. The molecule has 9 nitrogen and oxygen atoms in total. The van der Waals surface area contributed by atoms with Crippen molar-refractivity contribution >= 4 is 36.3 Å². The van der Waals surface area contributed by atoms with E-state index in [2.05, 4.69) is 23.3 Å². The maximum absolute atomic E-state index is 11.9. The summed E-state index contributed by atoms with van der Waals surface area (Å²) in [5.41, 5.74) is 10.1. The van der Waals surface area contributed by atoms with Gasteiger partial charge >= 0.3 is 5.97 Å². The molecule has 0 aromatic heterocycles. The largest absolute Gasteiger partial charge is 0.480 e. The lowest BCUT2D eigenvalue weighted by molar-refractivity contribution is -0.141. The van der Waals surface area contributed by atoms with Gasteiger partial charge < -0.3 is 27.2 Å². The summed E-state index contributed by atoms with van der Waals surface area (Å²) in [6, 6.07) is -2.28. The molecule has 0 saturated heterocycles. The molecule has 2 unspecified atom stereocenters. The molecule has 10 heteroatoms. The van der Waals surface area contributed by atoms with Crippen LogP contribution in [0.2, 0.25) is 0 Å². The number of carbonyl (C=O) groups is 4. The normalized spacial score (nSPS) is 13.1. The number of carboxylic acids is 1. The molecule has 2 atom stereocenters. The number of hydrogen-bond donors (Lipinski definition) is 6. The summed E-state index contributed by atoms with van der Waals surface area (Å²) in [5.74, 6) is -3.36. The first-order chi connectivity index (χ1) is 9.31. The standard InChI is InChI=1S/C10H18N4O5S/c11-3-8(16)13-5(1-2-7(12)15)9(17)14-6(4-20)10(18)19/h5-6,20H,1-4,11H2,(H2,12,15)(H,13,16)(H,14,17)(H,18,19). The van der Waals surface area contributed by atoms with E-state index in [0.29, 0.717) is 0 Å². The van der Waals surface area contributed by atoms with Crippen LogP contribution in [0.25, 0.3) is 0 Å². The maximum Gasteiger partial charge on any atom is 0.327 e. The number of carboxylic acid groups (broad SMARTS) is 1. The summed E-state index contributed by atoms with van der Waals surface area (Å²) >= 11 is 3.79. The molecular weight excluding hydrogens is 288 g/mol. The molecule has 0 heterocycles. The molecule has 0 fully saturated rings. The van der Waals surface area contributed by atoms with Gasteiger partial charge in [0.15, 0.2) is 0 Å². The number of primary amides is 1. The van der Waals surface area contributed by atoms with Crippen LogP contribution in [-0.2, 0) is 19.2 Å². The number of nitrogens with one attached hydrogen (secondary N) is 2. The van der Waals surface area contributed by atoms with Gasteiger partial charge in [-0.3, -0.25) is 14.4 Å². The molecule has 0 saturated carbocycles. The van der Waals surface area contributed by atoms with Crippen LogP contribution < -0.4 is 22.1 Å². The minimum atomic E-state index is -1.26. The van der Waals surface area contributed by atoms with Crippen molar-refractivity contribution in [3.63, 3.8) is 0 Å². The molecule has 0 aliphatic heterocycles. The Hall–Kier alpha value is -1.81. The van der Waals surface area contributed by atoms with Gasteiger partial charge in [-0.1, -0.05) is 0 Å². The van der Waals surface area contributed by atoms with Gasteiger partial charge in [-0.05, 0) is 6.42 Å². The second kappa shape index (κ2) is 9.15. The Morgan fingerprint density at radius 2 is 1.75 bits per heavy atom. The van der Waals surface area contributed by atoms with Crippen LogP contribution in [0.3, 0.4) is 0 Å². The van der Waals surface area contributed by atoms with Gasteiger partial charge in [0.25, 0.3) is 0 Å². The monoisotopic (exact) mass is 306 g/mol. The molecule has 0 spiro atoms. The lowest BCUT2D eigenvalue weighted by Gasteiger charge is -2.20. The van der Waals surface area contributed by atoms with Crippen LogP contribution in [0, 0.1) is 0 Å². The van der Waals surface area contributed by atoms with Crippen molar-refractivity contribution in [2.24, 2.45) is 11.5 Å². The summed E-state index contributed by atoms with van der Waals surface area (Å²) in [6.07, 6.45) is -0.187. The molecule has 0 radical (unpaired) electrons. The number of carbonyl (C=O) groups excluding carboxylic acids is 3. The summed E-state index contributed by atoms with van der Waals surface area (Å²) in [4.78, 5) is 44.6. The molecule has 114 valence electrons. The van der Waals surface area contributed by atoms with Crippen molar-refractivity contribution in [2.45, 2.75) is 24.9 Å². The third kappa shape index (κ3) is 6.95.